The Bertz CT molecular complexity index is 1130. The molecule has 8 nitrogen and oxygen atoms in total. The summed E-state index contributed by atoms with van der Waals surface area (Å²) in [7, 11) is 0. The predicted molar refractivity (Wildman–Crippen MR) is 128 cm³/mol. The van der Waals surface area contributed by atoms with Gasteiger partial charge in [0, 0.05) is 48.2 Å². The predicted octanol–water partition coefficient (Wildman–Crippen LogP) is 3.30. The summed E-state index contributed by atoms with van der Waals surface area (Å²) in [4.78, 5) is 15.5. The molecule has 0 bridgehead atoms. The summed E-state index contributed by atoms with van der Waals surface area (Å²) >= 11 is 6.56. The summed E-state index contributed by atoms with van der Waals surface area (Å²) in [5, 5.41) is 15.8. The molecule has 1 fully saturated rings. The quantitative estimate of drug-likeness (QED) is 0.572. The van der Waals surface area contributed by atoms with Crippen LogP contribution in [-0.4, -0.2) is 69.9 Å². The van der Waals surface area contributed by atoms with Gasteiger partial charge in [-0.05, 0) is 59.7 Å². The standard InChI is InChI=1S/C24H29ClN6O2/c1-4-23-27-28-29-31(23)20-13-18(21-6-5-16(2)11-22(21)25)12-19(14-20)24(32)26-17(3)15-30-7-9-33-10-8-30/h5-6,11-14,17H,4,7-10,15H2,1-3H3,(H,26,32)/t17-/m1/s1. The van der Waals surface area contributed by atoms with Crippen LogP contribution in [0.3, 0.4) is 0 Å². The number of tetrazole rings is 1. The maximum atomic E-state index is 13.2. The van der Waals surface area contributed by atoms with Gasteiger partial charge >= 0.3 is 0 Å². The molecule has 3 aromatic rings. The van der Waals surface area contributed by atoms with Gasteiger partial charge in [-0.1, -0.05) is 30.7 Å². The normalized spacial score (nSPS) is 15.4. The molecule has 2 heterocycles. The van der Waals surface area contributed by atoms with Crippen molar-refractivity contribution in [3.05, 3.63) is 58.4 Å². The van der Waals surface area contributed by atoms with Crippen LogP contribution < -0.4 is 5.32 Å². The van der Waals surface area contributed by atoms with E-state index in [1.54, 1.807) is 4.68 Å². The molecule has 0 spiro atoms. The third-order valence-electron chi connectivity index (χ3n) is 5.72. The van der Waals surface area contributed by atoms with Gasteiger partial charge in [0.15, 0.2) is 5.82 Å². The summed E-state index contributed by atoms with van der Waals surface area (Å²) in [6.45, 7) is 10.0. The van der Waals surface area contributed by atoms with Crippen LogP contribution in [0.15, 0.2) is 36.4 Å². The van der Waals surface area contributed by atoms with Gasteiger partial charge < -0.3 is 10.1 Å². The number of aryl methyl sites for hydroxylation is 2. The highest BCUT2D eigenvalue weighted by Crippen LogP contribution is 2.31. The molecule has 1 amide bonds. The third kappa shape index (κ3) is 5.58. The number of nitrogens with one attached hydrogen (secondary N) is 1. The Morgan fingerprint density at radius 2 is 2.00 bits per heavy atom. The van der Waals surface area contributed by atoms with Crippen LogP contribution in [0.1, 0.15) is 35.6 Å². The van der Waals surface area contributed by atoms with Crippen molar-refractivity contribution in [1.82, 2.24) is 30.4 Å². The molecule has 0 unspecified atom stereocenters. The first kappa shape index (κ1) is 23.4. The molecule has 9 heteroatoms. The lowest BCUT2D eigenvalue weighted by Gasteiger charge is -2.29. The summed E-state index contributed by atoms with van der Waals surface area (Å²) < 4.78 is 7.08. The summed E-state index contributed by atoms with van der Waals surface area (Å²) in [5.74, 6) is 0.572. The molecule has 1 aliphatic heterocycles. The van der Waals surface area contributed by atoms with Crippen molar-refractivity contribution < 1.29 is 9.53 Å². The Kier molecular flexibility index (Phi) is 7.37. The molecule has 1 saturated heterocycles. The summed E-state index contributed by atoms with van der Waals surface area (Å²) in [6.07, 6.45) is 0.667. The van der Waals surface area contributed by atoms with E-state index in [-0.39, 0.29) is 11.9 Å². The van der Waals surface area contributed by atoms with Gasteiger partial charge in [0.2, 0.25) is 0 Å². The molecule has 1 aliphatic rings. The van der Waals surface area contributed by atoms with Crippen molar-refractivity contribution in [2.24, 2.45) is 0 Å². The molecular weight excluding hydrogens is 440 g/mol. The SMILES string of the molecule is CCc1nnnn1-c1cc(C(=O)N[C@H](C)CN2CCOCC2)cc(-c2ccc(C)cc2Cl)c1. The van der Waals surface area contributed by atoms with Crippen LogP contribution in [0.25, 0.3) is 16.8 Å². The molecule has 1 aromatic heterocycles. The molecule has 0 saturated carbocycles. The lowest BCUT2D eigenvalue weighted by atomic mass is 10.00. The number of benzene rings is 2. The fraction of sp³-hybridized carbons (Fsp3) is 0.417. The lowest BCUT2D eigenvalue weighted by Crippen LogP contribution is -2.46. The number of aromatic nitrogens is 4. The first-order chi connectivity index (χ1) is 15.9. The van der Waals surface area contributed by atoms with E-state index in [0.29, 0.717) is 22.8 Å². The van der Waals surface area contributed by atoms with Crippen molar-refractivity contribution in [1.29, 1.82) is 0 Å². The van der Waals surface area contributed by atoms with Crippen LogP contribution in [0.4, 0.5) is 0 Å². The molecule has 174 valence electrons. The van der Waals surface area contributed by atoms with Crippen LogP contribution in [0.2, 0.25) is 5.02 Å². The van der Waals surface area contributed by atoms with Crippen LogP contribution >= 0.6 is 11.6 Å². The Labute approximate surface area is 198 Å². The highest BCUT2D eigenvalue weighted by Gasteiger charge is 2.19. The zero-order chi connectivity index (χ0) is 23.4. The number of carbonyl (C=O) groups is 1. The largest absolute Gasteiger partial charge is 0.379 e. The van der Waals surface area contributed by atoms with Crippen molar-refractivity contribution in [3.8, 4) is 16.8 Å². The summed E-state index contributed by atoms with van der Waals surface area (Å²) in [6, 6.07) is 11.5. The molecule has 0 aliphatic carbocycles. The Hall–Kier alpha value is -2.81. The minimum atomic E-state index is -0.145. The van der Waals surface area contributed by atoms with E-state index >= 15 is 0 Å². The highest BCUT2D eigenvalue weighted by atomic mass is 35.5. The Balaban J connectivity index is 1.66. The molecule has 33 heavy (non-hydrogen) atoms. The van der Waals surface area contributed by atoms with Gasteiger partial charge in [0.1, 0.15) is 0 Å². The fourth-order valence-electron chi connectivity index (χ4n) is 4.02. The van der Waals surface area contributed by atoms with Gasteiger partial charge in [0.25, 0.3) is 5.91 Å². The van der Waals surface area contributed by atoms with Crippen LogP contribution in [0, 0.1) is 6.92 Å². The Morgan fingerprint density at radius 3 is 2.73 bits per heavy atom. The molecule has 1 atom stereocenters. The van der Waals surface area contributed by atoms with Crippen LogP contribution in [-0.2, 0) is 11.2 Å². The summed E-state index contributed by atoms with van der Waals surface area (Å²) in [5.41, 5.74) is 4.01. The van der Waals surface area contributed by atoms with Gasteiger partial charge in [-0.25, -0.2) is 0 Å². The second kappa shape index (κ2) is 10.4. The lowest BCUT2D eigenvalue weighted by molar-refractivity contribution is 0.0342. The first-order valence-corrected chi connectivity index (χ1v) is 11.6. The molecular formula is C24H29ClN6O2. The van der Waals surface area contributed by atoms with Crippen molar-refractivity contribution in [2.45, 2.75) is 33.2 Å². The van der Waals surface area contributed by atoms with E-state index in [1.165, 1.54) is 0 Å². The second-order valence-electron chi connectivity index (χ2n) is 8.40. The van der Waals surface area contributed by atoms with E-state index in [9.17, 15) is 4.79 Å². The van der Waals surface area contributed by atoms with Crippen molar-refractivity contribution in [2.75, 3.05) is 32.8 Å². The van der Waals surface area contributed by atoms with Gasteiger partial charge in [-0.2, -0.15) is 4.68 Å². The number of amides is 1. The molecule has 4 rings (SSSR count). The van der Waals surface area contributed by atoms with E-state index in [4.69, 9.17) is 16.3 Å². The number of carbonyl (C=O) groups excluding carboxylic acids is 1. The van der Waals surface area contributed by atoms with Gasteiger partial charge in [-0.3, -0.25) is 9.69 Å². The average Bonchev–Trinajstić information content (AvgIpc) is 3.28. The smallest absolute Gasteiger partial charge is 0.251 e. The van der Waals surface area contributed by atoms with Crippen molar-refractivity contribution >= 4 is 17.5 Å². The fourth-order valence-corrected chi connectivity index (χ4v) is 4.37. The number of morpholine rings is 1. The number of rotatable bonds is 7. The molecule has 0 radical (unpaired) electrons. The first-order valence-electron chi connectivity index (χ1n) is 11.2. The van der Waals surface area contributed by atoms with Gasteiger partial charge in [-0.15, -0.1) is 5.10 Å². The number of ether oxygens (including phenoxy) is 1. The third-order valence-corrected chi connectivity index (χ3v) is 6.04. The minimum absolute atomic E-state index is 0.00934. The number of hydrogen-bond acceptors (Lipinski definition) is 6. The molecule has 1 N–H and O–H groups in total. The second-order valence-corrected chi connectivity index (χ2v) is 8.81. The topological polar surface area (TPSA) is 85.2 Å². The van der Waals surface area contributed by atoms with E-state index in [1.807, 2.05) is 57.2 Å². The number of halogens is 1. The van der Waals surface area contributed by atoms with Crippen molar-refractivity contribution in [3.63, 3.8) is 0 Å². The Morgan fingerprint density at radius 1 is 1.21 bits per heavy atom. The van der Waals surface area contributed by atoms with E-state index in [0.717, 1.165) is 55.2 Å². The number of nitrogens with zero attached hydrogens (tertiary/aromatic N) is 5. The zero-order valence-corrected chi connectivity index (χ0v) is 20.0. The maximum Gasteiger partial charge on any atom is 0.251 e. The maximum absolute atomic E-state index is 13.2. The van der Waals surface area contributed by atoms with E-state index < -0.39 is 0 Å². The number of hydrogen-bond donors (Lipinski definition) is 1. The minimum Gasteiger partial charge on any atom is -0.379 e. The van der Waals surface area contributed by atoms with Gasteiger partial charge in [0.05, 0.1) is 18.9 Å². The monoisotopic (exact) mass is 468 g/mol. The average molecular weight is 469 g/mol. The highest BCUT2D eigenvalue weighted by molar-refractivity contribution is 6.33. The van der Waals surface area contributed by atoms with Crippen LogP contribution in [0.5, 0.6) is 0 Å². The molecule has 2 aromatic carbocycles. The zero-order valence-electron chi connectivity index (χ0n) is 19.2. The van der Waals surface area contributed by atoms with E-state index in [2.05, 4.69) is 25.7 Å².